The maximum atomic E-state index is 9.66. The smallest absolute Gasteiger partial charge is 0.293 e. The first kappa shape index (κ1) is 9.21. The summed E-state index contributed by atoms with van der Waals surface area (Å²) in [4.78, 5) is 9.66. The maximum absolute atomic E-state index is 9.66. The molecule has 0 aliphatic rings. The molecule has 0 aromatic rings. The van der Waals surface area contributed by atoms with Gasteiger partial charge in [0.25, 0.3) is 6.47 Å². The molecular weight excluding hydrogens is 128 g/mol. The van der Waals surface area contributed by atoms with Crippen molar-refractivity contribution in [3.63, 3.8) is 0 Å². The largest absolute Gasteiger partial charge is 0.468 e. The van der Waals surface area contributed by atoms with Crippen molar-refractivity contribution in [2.75, 3.05) is 6.61 Å². The van der Waals surface area contributed by atoms with Crippen LogP contribution in [-0.4, -0.2) is 13.1 Å². The molecule has 0 unspecified atom stereocenters. The van der Waals surface area contributed by atoms with Crippen LogP contribution < -0.4 is 0 Å². The fourth-order valence-corrected chi connectivity index (χ4v) is 0.699. The summed E-state index contributed by atoms with van der Waals surface area (Å²) < 4.78 is 4.51. The van der Waals surface area contributed by atoms with Gasteiger partial charge in [-0.2, -0.15) is 0 Å². The summed E-state index contributed by atoms with van der Waals surface area (Å²) in [5, 5.41) is 0. The van der Waals surface area contributed by atoms with Gasteiger partial charge >= 0.3 is 0 Å². The van der Waals surface area contributed by atoms with Gasteiger partial charge in [-0.3, -0.25) is 4.79 Å². The Morgan fingerprint density at radius 2 is 2.10 bits per heavy atom. The van der Waals surface area contributed by atoms with Gasteiger partial charge in [-0.15, -0.1) is 6.58 Å². The van der Waals surface area contributed by atoms with E-state index in [4.69, 9.17) is 0 Å². The molecule has 0 saturated heterocycles. The Morgan fingerprint density at radius 1 is 1.30 bits per heavy atom. The van der Waals surface area contributed by atoms with E-state index in [0.717, 1.165) is 25.7 Å². The molecule has 2 nitrogen and oxygen atoms in total. The standard InChI is InChI=1S/C8H14O2/c1-2-3-4-5-6-7-10-8-9/h2,8H,1,3-7H2. The van der Waals surface area contributed by atoms with E-state index in [1.165, 1.54) is 0 Å². The zero-order chi connectivity index (χ0) is 7.66. The Kier molecular flexibility index (Phi) is 7.56. The average Bonchev–Trinajstić information content (AvgIpc) is 1.97. The van der Waals surface area contributed by atoms with Crippen molar-refractivity contribution in [1.82, 2.24) is 0 Å². The first-order chi connectivity index (χ1) is 4.91. The van der Waals surface area contributed by atoms with Crippen LogP contribution in [0.4, 0.5) is 0 Å². The quantitative estimate of drug-likeness (QED) is 0.308. The number of hydrogen-bond donors (Lipinski definition) is 0. The molecular formula is C8H14O2. The summed E-state index contributed by atoms with van der Waals surface area (Å²) in [7, 11) is 0. The molecule has 0 N–H and O–H groups in total. The molecule has 0 bridgehead atoms. The molecule has 0 heterocycles. The van der Waals surface area contributed by atoms with Gasteiger partial charge < -0.3 is 4.74 Å². The summed E-state index contributed by atoms with van der Waals surface area (Å²) in [6.07, 6.45) is 6.18. The van der Waals surface area contributed by atoms with Crippen LogP contribution in [0.1, 0.15) is 25.7 Å². The number of hydrogen-bond acceptors (Lipinski definition) is 2. The van der Waals surface area contributed by atoms with Gasteiger partial charge in [-0.25, -0.2) is 0 Å². The van der Waals surface area contributed by atoms with E-state index in [9.17, 15) is 4.79 Å². The summed E-state index contributed by atoms with van der Waals surface area (Å²) in [5.74, 6) is 0. The van der Waals surface area contributed by atoms with Crippen molar-refractivity contribution in [2.24, 2.45) is 0 Å². The predicted molar refractivity (Wildman–Crippen MR) is 40.7 cm³/mol. The maximum Gasteiger partial charge on any atom is 0.293 e. The first-order valence-electron chi connectivity index (χ1n) is 3.58. The van der Waals surface area contributed by atoms with Crippen LogP contribution in [0.15, 0.2) is 12.7 Å². The van der Waals surface area contributed by atoms with Gasteiger partial charge in [-0.05, 0) is 25.7 Å². The normalized spacial score (nSPS) is 8.80. The molecule has 0 radical (unpaired) electrons. The highest BCUT2D eigenvalue weighted by Crippen LogP contribution is 1.99. The number of unbranched alkanes of at least 4 members (excludes halogenated alkanes) is 3. The lowest BCUT2D eigenvalue weighted by molar-refractivity contribution is -0.128. The summed E-state index contributed by atoms with van der Waals surface area (Å²) in [6.45, 7) is 4.66. The molecule has 0 aromatic carbocycles. The Labute approximate surface area is 61.9 Å². The molecule has 0 aliphatic carbocycles. The third-order valence-corrected chi connectivity index (χ3v) is 1.24. The molecule has 0 rings (SSSR count). The molecule has 0 saturated carbocycles. The van der Waals surface area contributed by atoms with Crippen LogP contribution in [0.25, 0.3) is 0 Å². The second kappa shape index (κ2) is 8.21. The van der Waals surface area contributed by atoms with Crippen LogP contribution in [-0.2, 0) is 9.53 Å². The van der Waals surface area contributed by atoms with Crippen LogP contribution in [0.2, 0.25) is 0 Å². The number of carbonyl (C=O) groups is 1. The van der Waals surface area contributed by atoms with Crippen molar-refractivity contribution >= 4 is 6.47 Å². The van der Waals surface area contributed by atoms with Crippen LogP contribution in [0.3, 0.4) is 0 Å². The van der Waals surface area contributed by atoms with Gasteiger partial charge in [0.1, 0.15) is 0 Å². The van der Waals surface area contributed by atoms with E-state index >= 15 is 0 Å². The monoisotopic (exact) mass is 142 g/mol. The Hall–Kier alpha value is -0.790. The molecule has 58 valence electrons. The molecule has 2 heteroatoms. The minimum atomic E-state index is 0.494. The zero-order valence-corrected chi connectivity index (χ0v) is 6.21. The first-order valence-corrected chi connectivity index (χ1v) is 3.58. The Morgan fingerprint density at radius 3 is 2.70 bits per heavy atom. The number of rotatable bonds is 7. The fraction of sp³-hybridized carbons (Fsp3) is 0.625. The van der Waals surface area contributed by atoms with E-state index < -0.39 is 0 Å². The lowest BCUT2D eigenvalue weighted by atomic mass is 10.2. The van der Waals surface area contributed by atoms with Crippen molar-refractivity contribution in [2.45, 2.75) is 25.7 Å². The number of carbonyl (C=O) groups excluding carboxylic acids is 1. The van der Waals surface area contributed by atoms with Gasteiger partial charge in [0.15, 0.2) is 0 Å². The van der Waals surface area contributed by atoms with Gasteiger partial charge in [0.05, 0.1) is 6.61 Å². The second-order valence-electron chi connectivity index (χ2n) is 2.11. The van der Waals surface area contributed by atoms with E-state index in [1.54, 1.807) is 0 Å². The fourth-order valence-electron chi connectivity index (χ4n) is 0.699. The lowest BCUT2D eigenvalue weighted by Gasteiger charge is -1.96. The third-order valence-electron chi connectivity index (χ3n) is 1.24. The van der Waals surface area contributed by atoms with E-state index in [1.807, 2.05) is 6.08 Å². The molecule has 10 heavy (non-hydrogen) atoms. The number of ether oxygens (including phenoxy) is 1. The van der Waals surface area contributed by atoms with Crippen molar-refractivity contribution in [3.05, 3.63) is 12.7 Å². The van der Waals surface area contributed by atoms with Gasteiger partial charge in [0, 0.05) is 0 Å². The highest BCUT2D eigenvalue weighted by molar-refractivity contribution is 5.36. The third kappa shape index (κ3) is 7.21. The molecule has 0 atom stereocenters. The van der Waals surface area contributed by atoms with Crippen LogP contribution >= 0.6 is 0 Å². The van der Waals surface area contributed by atoms with E-state index in [2.05, 4.69) is 11.3 Å². The Balaban J connectivity index is 2.76. The van der Waals surface area contributed by atoms with Crippen LogP contribution in [0.5, 0.6) is 0 Å². The second-order valence-corrected chi connectivity index (χ2v) is 2.11. The van der Waals surface area contributed by atoms with Gasteiger partial charge in [0.2, 0.25) is 0 Å². The molecule has 0 aliphatic heterocycles. The highest BCUT2D eigenvalue weighted by atomic mass is 16.5. The summed E-state index contributed by atoms with van der Waals surface area (Å²) in [6, 6.07) is 0. The molecule has 0 fully saturated rings. The van der Waals surface area contributed by atoms with Crippen LogP contribution in [0, 0.1) is 0 Å². The number of allylic oxidation sites excluding steroid dienone is 1. The van der Waals surface area contributed by atoms with E-state index in [0.29, 0.717) is 13.1 Å². The summed E-state index contributed by atoms with van der Waals surface area (Å²) >= 11 is 0. The van der Waals surface area contributed by atoms with Crippen molar-refractivity contribution < 1.29 is 9.53 Å². The minimum Gasteiger partial charge on any atom is -0.468 e. The van der Waals surface area contributed by atoms with Crippen molar-refractivity contribution in [3.8, 4) is 0 Å². The summed E-state index contributed by atoms with van der Waals surface area (Å²) in [5.41, 5.74) is 0. The SMILES string of the molecule is C=CCCCCCOC=O. The zero-order valence-electron chi connectivity index (χ0n) is 6.21. The minimum absolute atomic E-state index is 0.494. The highest BCUT2D eigenvalue weighted by Gasteiger charge is 1.86. The predicted octanol–water partition coefficient (Wildman–Crippen LogP) is 1.91. The topological polar surface area (TPSA) is 26.3 Å². The Bertz CT molecular complexity index is 77.3. The van der Waals surface area contributed by atoms with Crippen molar-refractivity contribution in [1.29, 1.82) is 0 Å². The molecule has 0 spiro atoms. The molecule has 0 amide bonds. The lowest BCUT2D eigenvalue weighted by Crippen LogP contribution is -1.90. The van der Waals surface area contributed by atoms with E-state index in [-0.39, 0.29) is 0 Å². The molecule has 0 aromatic heterocycles. The average molecular weight is 142 g/mol. The van der Waals surface area contributed by atoms with Gasteiger partial charge in [-0.1, -0.05) is 6.08 Å².